The Morgan fingerprint density at radius 3 is 0.731 bits per heavy atom. The third-order valence-electron chi connectivity index (χ3n) is 12.9. The molecule has 0 rings (SSSR count). The molecule has 11 nitrogen and oxygen atoms in total. The van der Waals surface area contributed by atoms with Gasteiger partial charge >= 0.3 is 23.9 Å². The highest BCUT2D eigenvalue weighted by molar-refractivity contribution is 8.77. The van der Waals surface area contributed by atoms with Crippen molar-refractivity contribution in [3.63, 3.8) is 0 Å². The first kappa shape index (κ1) is 78.6. The smallest absolute Gasteiger partial charge is 0.307 e. The summed E-state index contributed by atoms with van der Waals surface area (Å²) in [5.41, 5.74) is 0. The maximum atomic E-state index is 12.8. The third kappa shape index (κ3) is 61.1. The van der Waals surface area contributed by atoms with Crippen LogP contribution in [0.4, 0.5) is 0 Å². The molecule has 0 aromatic heterocycles. The Kier molecular flexibility index (Phi) is 65.6. The molecule has 0 bridgehead atoms. The van der Waals surface area contributed by atoms with Crippen molar-refractivity contribution in [2.75, 3.05) is 132 Å². The average molecular weight is 1250 g/mol. The quantitative estimate of drug-likeness (QED) is 0.0249. The number of rotatable bonds is 64. The summed E-state index contributed by atoms with van der Waals surface area (Å²) in [5, 5.41) is 0. The Balaban J connectivity index is 5.04. The van der Waals surface area contributed by atoms with Crippen LogP contribution in [-0.2, 0) is 38.1 Å². The molecule has 0 atom stereocenters. The Morgan fingerprint density at radius 2 is 0.487 bits per heavy atom. The molecule has 0 radical (unpaired) electrons. The Hall–Kier alpha value is 0.560. The lowest BCUT2D eigenvalue weighted by molar-refractivity contribution is -0.145. The number of nitrogens with zero attached hydrogens (tertiary/aromatic N) is 3. The van der Waals surface area contributed by atoms with E-state index in [-0.39, 0.29) is 23.9 Å². The Bertz CT molecular complexity index is 1140. The lowest BCUT2D eigenvalue weighted by Crippen LogP contribution is -2.34. The molecule has 0 aliphatic heterocycles. The van der Waals surface area contributed by atoms with Gasteiger partial charge in [-0.25, -0.2) is 0 Å². The van der Waals surface area contributed by atoms with Crippen molar-refractivity contribution in [3.8, 4) is 0 Å². The van der Waals surface area contributed by atoms with Crippen LogP contribution in [0.1, 0.15) is 220 Å². The van der Waals surface area contributed by atoms with Gasteiger partial charge in [-0.05, 0) is 71.8 Å². The molecule has 0 aliphatic rings. The molecule has 0 aliphatic carbocycles. The lowest BCUT2D eigenvalue weighted by atomic mass is 10.1. The Labute approximate surface area is 511 Å². The topological polar surface area (TPSA) is 115 Å². The fraction of sp³-hybridized carbons (Fsp3) is 0.932. The van der Waals surface area contributed by atoms with Gasteiger partial charge in [0.15, 0.2) is 0 Å². The zero-order chi connectivity index (χ0) is 56.9. The zero-order valence-electron chi connectivity index (χ0n) is 50.2. The molecule has 0 saturated heterocycles. The summed E-state index contributed by atoms with van der Waals surface area (Å²) in [6.07, 6.45) is 34.1. The predicted octanol–water partition coefficient (Wildman–Crippen LogP) is 17.0. The summed E-state index contributed by atoms with van der Waals surface area (Å²) in [6, 6.07) is 0. The molecule has 0 spiro atoms. The number of esters is 4. The van der Waals surface area contributed by atoms with Crippen LogP contribution >= 0.6 is 86.4 Å². The van der Waals surface area contributed by atoms with Crippen LogP contribution in [0.25, 0.3) is 0 Å². The van der Waals surface area contributed by atoms with Crippen molar-refractivity contribution < 1.29 is 38.1 Å². The van der Waals surface area contributed by atoms with Crippen LogP contribution in [0.15, 0.2) is 0 Å². The minimum Gasteiger partial charge on any atom is -0.465 e. The lowest BCUT2D eigenvalue weighted by Gasteiger charge is -2.25. The van der Waals surface area contributed by atoms with Crippen molar-refractivity contribution in [2.45, 2.75) is 220 Å². The van der Waals surface area contributed by atoms with E-state index in [1.54, 1.807) is 43.2 Å². The van der Waals surface area contributed by atoms with Crippen molar-refractivity contribution in [1.29, 1.82) is 0 Å². The molecule has 0 fully saturated rings. The minimum atomic E-state index is -0.192. The second-order valence-corrected chi connectivity index (χ2v) is 31.0. The van der Waals surface area contributed by atoms with Crippen LogP contribution in [0.5, 0.6) is 0 Å². The number of carbonyl (C=O) groups is 4. The number of hydrogen-bond donors (Lipinski definition) is 0. The minimum absolute atomic E-state index is 0.192. The molecule has 0 aromatic carbocycles. The highest BCUT2D eigenvalue weighted by Gasteiger charge is 2.16. The largest absolute Gasteiger partial charge is 0.465 e. The van der Waals surface area contributed by atoms with E-state index in [0.717, 1.165) is 85.0 Å². The van der Waals surface area contributed by atoms with Crippen LogP contribution in [-0.4, -0.2) is 170 Å². The second-order valence-electron chi connectivity index (χ2n) is 20.2. The zero-order valence-corrected chi connectivity index (χ0v) is 56.8. The standard InChI is InChI=1S/C59H115N3O8S8/c1-6-10-14-18-22-26-48-71-75-52-44-67-56(63)32-40-61(41-33-57(64)68-45-53-76-72-49-27-23-19-15-11-7-2)38-30-36-60(5)37-31-39-62(42-34-58(65)69-46-54-77-73-50-28-24-20-16-12-8-3)43-35-59(66)70-47-55-78-74-51-29-25-21-17-13-9-4/h6-55H2,1-5H3. The van der Waals surface area contributed by atoms with Gasteiger partial charge in [-0.2, -0.15) is 0 Å². The van der Waals surface area contributed by atoms with E-state index in [0.29, 0.717) is 78.3 Å². The molecule has 19 heteroatoms. The fourth-order valence-electron chi connectivity index (χ4n) is 8.19. The first-order valence-electron chi connectivity index (χ1n) is 31.0. The molecule has 0 aromatic rings. The van der Waals surface area contributed by atoms with E-state index < -0.39 is 0 Å². The molecule has 0 unspecified atom stereocenters. The number of hydrogen-bond acceptors (Lipinski definition) is 19. The summed E-state index contributed by atoms with van der Waals surface area (Å²) in [6.45, 7) is 16.0. The maximum Gasteiger partial charge on any atom is 0.307 e. The van der Waals surface area contributed by atoms with Gasteiger partial charge in [0.05, 0.1) is 25.7 Å². The van der Waals surface area contributed by atoms with E-state index in [1.165, 1.54) is 154 Å². The van der Waals surface area contributed by atoms with Crippen LogP contribution in [0.3, 0.4) is 0 Å². The molecular weight excluding hydrogens is 1140 g/mol. The van der Waals surface area contributed by atoms with Gasteiger partial charge in [0.1, 0.15) is 26.4 Å². The molecule has 462 valence electrons. The predicted molar refractivity (Wildman–Crippen MR) is 355 cm³/mol. The summed E-state index contributed by atoms with van der Waals surface area (Å²) in [4.78, 5) is 58.0. The van der Waals surface area contributed by atoms with Gasteiger partial charge in [0.2, 0.25) is 0 Å². The molecule has 0 saturated carbocycles. The first-order chi connectivity index (χ1) is 38.2. The van der Waals surface area contributed by atoms with Crippen molar-refractivity contribution in [1.82, 2.24) is 14.7 Å². The molecule has 0 heterocycles. The van der Waals surface area contributed by atoms with E-state index >= 15 is 0 Å². The van der Waals surface area contributed by atoms with Crippen molar-refractivity contribution in [3.05, 3.63) is 0 Å². The van der Waals surface area contributed by atoms with Crippen LogP contribution in [0.2, 0.25) is 0 Å². The van der Waals surface area contributed by atoms with Gasteiger partial charge in [0.25, 0.3) is 0 Å². The highest BCUT2D eigenvalue weighted by atomic mass is 33.1. The summed E-state index contributed by atoms with van der Waals surface area (Å²) < 4.78 is 22.4. The fourth-order valence-corrected chi connectivity index (χ4v) is 16.1. The first-order valence-corrected chi connectivity index (χ1v) is 40.9. The Morgan fingerprint density at radius 1 is 0.269 bits per heavy atom. The van der Waals surface area contributed by atoms with Crippen molar-refractivity contribution >= 4 is 110 Å². The molecule has 0 amide bonds. The number of ether oxygens (including phenoxy) is 4. The summed E-state index contributed by atoms with van der Waals surface area (Å²) in [5.74, 6) is 6.94. The molecule has 78 heavy (non-hydrogen) atoms. The van der Waals surface area contributed by atoms with Gasteiger partial charge in [-0.15, -0.1) is 0 Å². The van der Waals surface area contributed by atoms with Crippen LogP contribution in [0, 0.1) is 0 Å². The summed E-state index contributed by atoms with van der Waals surface area (Å²) in [7, 11) is 16.8. The van der Waals surface area contributed by atoms with Gasteiger partial charge in [-0.3, -0.25) is 19.2 Å². The van der Waals surface area contributed by atoms with Gasteiger partial charge < -0.3 is 33.6 Å². The van der Waals surface area contributed by atoms with Gasteiger partial charge in [-0.1, -0.05) is 242 Å². The van der Waals surface area contributed by atoms with E-state index in [9.17, 15) is 19.2 Å². The maximum absolute atomic E-state index is 12.8. The van der Waals surface area contributed by atoms with Gasteiger partial charge in [0, 0.05) is 72.2 Å². The molecule has 0 N–H and O–H groups in total. The number of unbranched alkanes of at least 4 members (excludes halogenated alkanes) is 20. The van der Waals surface area contributed by atoms with E-state index in [2.05, 4.69) is 49.4 Å². The summed E-state index contributed by atoms with van der Waals surface area (Å²) >= 11 is 0. The van der Waals surface area contributed by atoms with Crippen LogP contribution < -0.4 is 0 Å². The van der Waals surface area contributed by atoms with E-state index in [4.69, 9.17) is 18.9 Å². The van der Waals surface area contributed by atoms with Crippen molar-refractivity contribution in [2.24, 2.45) is 0 Å². The second kappa shape index (κ2) is 65.1. The highest BCUT2D eigenvalue weighted by Crippen LogP contribution is 2.26. The molecular formula is C59H115N3O8S8. The normalized spacial score (nSPS) is 11.6. The third-order valence-corrected chi connectivity index (χ3v) is 22.8. The average Bonchev–Trinajstić information content (AvgIpc) is 3.43. The SMILES string of the molecule is CCCCCCCCSSCCOC(=O)CCN(CCCN(C)CCCN(CCC(=O)OCCSSCCCCCCCC)CCC(=O)OCCSSCCCCCCCC)CCC(=O)OCCSSCCCCCCCC. The number of carbonyl (C=O) groups excluding carboxylic acids is 4. The monoisotopic (exact) mass is 1250 g/mol. The van der Waals surface area contributed by atoms with E-state index in [1.807, 2.05) is 43.2 Å².